The number of aryl methyl sites for hydroxylation is 2. The van der Waals surface area contributed by atoms with E-state index in [0.717, 1.165) is 28.9 Å². The van der Waals surface area contributed by atoms with Gasteiger partial charge in [0.1, 0.15) is 5.69 Å². The molecule has 2 N–H and O–H groups in total. The van der Waals surface area contributed by atoms with Crippen LogP contribution in [0.3, 0.4) is 0 Å². The molecule has 146 valence electrons. The molecule has 1 saturated heterocycles. The van der Waals surface area contributed by atoms with Crippen LogP contribution in [-0.4, -0.2) is 39.7 Å². The summed E-state index contributed by atoms with van der Waals surface area (Å²) in [5, 5.41) is 4.79. The van der Waals surface area contributed by atoms with Gasteiger partial charge in [0, 0.05) is 30.9 Å². The Kier molecular flexibility index (Phi) is 5.87. The Labute approximate surface area is 171 Å². The zero-order valence-corrected chi connectivity index (χ0v) is 16.9. The smallest absolute Gasteiger partial charge is 0.257 e. The maximum atomic E-state index is 13.2. The Morgan fingerprint density at radius 1 is 1.14 bits per heavy atom. The molecule has 0 bridgehead atoms. The molecule has 0 aliphatic carbocycles. The lowest BCUT2D eigenvalue weighted by atomic mass is 10.0. The summed E-state index contributed by atoms with van der Waals surface area (Å²) in [6.45, 7) is 5.42. The van der Waals surface area contributed by atoms with E-state index in [1.807, 2.05) is 41.4 Å². The normalized spacial score (nSPS) is 16.1. The van der Waals surface area contributed by atoms with Crippen LogP contribution in [0.25, 0.3) is 16.9 Å². The van der Waals surface area contributed by atoms with Crippen LogP contribution in [0.4, 0.5) is 0 Å². The summed E-state index contributed by atoms with van der Waals surface area (Å²) in [7, 11) is 0. The van der Waals surface area contributed by atoms with Crippen molar-refractivity contribution in [1.29, 1.82) is 0 Å². The summed E-state index contributed by atoms with van der Waals surface area (Å²) in [4.78, 5) is 15.1. The monoisotopic (exact) mass is 396 g/mol. The van der Waals surface area contributed by atoms with E-state index in [0.29, 0.717) is 18.7 Å². The van der Waals surface area contributed by atoms with Gasteiger partial charge in [-0.2, -0.15) is 5.10 Å². The minimum absolute atomic E-state index is 0. The van der Waals surface area contributed by atoms with E-state index in [1.165, 1.54) is 5.56 Å². The molecule has 1 fully saturated rings. The standard InChI is InChI=1S/C22H24N4O.ClH/c1-15-8-9-19(16(2)12-15)21-20(22(27)25-11-10-17(23)13-25)14-26(24-21)18-6-4-3-5-7-18;/h3-9,12,14,17H,10-11,13,23H2,1-2H3;1H/t17-;/m1./s1. The van der Waals surface area contributed by atoms with Crippen LogP contribution in [0, 0.1) is 13.8 Å². The molecule has 0 unspecified atom stereocenters. The van der Waals surface area contributed by atoms with Crippen molar-refractivity contribution in [3.63, 3.8) is 0 Å². The largest absolute Gasteiger partial charge is 0.337 e. The second-order valence-corrected chi connectivity index (χ2v) is 7.29. The number of benzene rings is 2. The lowest BCUT2D eigenvalue weighted by Crippen LogP contribution is -2.32. The Hall–Kier alpha value is -2.63. The van der Waals surface area contributed by atoms with Crippen LogP contribution in [0.2, 0.25) is 0 Å². The van der Waals surface area contributed by atoms with E-state index < -0.39 is 0 Å². The van der Waals surface area contributed by atoms with Crippen LogP contribution in [-0.2, 0) is 0 Å². The van der Waals surface area contributed by atoms with Crippen LogP contribution < -0.4 is 5.73 Å². The van der Waals surface area contributed by atoms with Gasteiger partial charge in [0.05, 0.1) is 11.3 Å². The average molecular weight is 397 g/mol. The van der Waals surface area contributed by atoms with Crippen molar-refractivity contribution in [3.8, 4) is 16.9 Å². The first-order valence-corrected chi connectivity index (χ1v) is 9.30. The number of likely N-dealkylation sites (tertiary alicyclic amines) is 1. The van der Waals surface area contributed by atoms with Crippen molar-refractivity contribution >= 4 is 18.3 Å². The van der Waals surface area contributed by atoms with Crippen molar-refractivity contribution in [2.75, 3.05) is 13.1 Å². The van der Waals surface area contributed by atoms with Crippen LogP contribution in [0.1, 0.15) is 27.9 Å². The minimum atomic E-state index is 0. The molecular weight excluding hydrogens is 372 g/mol. The van der Waals surface area contributed by atoms with E-state index in [9.17, 15) is 4.79 Å². The van der Waals surface area contributed by atoms with E-state index in [2.05, 4.69) is 32.0 Å². The number of aromatic nitrogens is 2. The van der Waals surface area contributed by atoms with Gasteiger partial charge in [-0.1, -0.05) is 42.0 Å². The SMILES string of the molecule is Cc1ccc(-c2nn(-c3ccccc3)cc2C(=O)N2CC[C@@H](N)C2)c(C)c1.Cl. The predicted octanol–water partition coefficient (Wildman–Crippen LogP) is 3.75. The fraction of sp³-hybridized carbons (Fsp3) is 0.273. The maximum absolute atomic E-state index is 13.2. The average Bonchev–Trinajstić information content (AvgIpc) is 3.29. The van der Waals surface area contributed by atoms with E-state index in [1.54, 1.807) is 4.68 Å². The van der Waals surface area contributed by atoms with Gasteiger partial charge in [0.25, 0.3) is 5.91 Å². The number of hydrogen-bond acceptors (Lipinski definition) is 3. The Morgan fingerprint density at radius 2 is 1.89 bits per heavy atom. The van der Waals surface area contributed by atoms with Gasteiger partial charge in [0.2, 0.25) is 0 Å². The van der Waals surface area contributed by atoms with E-state index in [-0.39, 0.29) is 24.4 Å². The van der Waals surface area contributed by atoms with Gasteiger partial charge in [-0.05, 0) is 38.0 Å². The maximum Gasteiger partial charge on any atom is 0.257 e. The second-order valence-electron chi connectivity index (χ2n) is 7.29. The molecule has 3 aromatic rings. The van der Waals surface area contributed by atoms with Gasteiger partial charge < -0.3 is 10.6 Å². The van der Waals surface area contributed by atoms with Crippen LogP contribution in [0.5, 0.6) is 0 Å². The summed E-state index contributed by atoms with van der Waals surface area (Å²) in [6, 6.07) is 16.2. The van der Waals surface area contributed by atoms with Gasteiger partial charge in [0.15, 0.2) is 0 Å². The topological polar surface area (TPSA) is 64.2 Å². The van der Waals surface area contributed by atoms with Crippen molar-refractivity contribution in [2.45, 2.75) is 26.3 Å². The number of rotatable bonds is 3. The highest BCUT2D eigenvalue weighted by atomic mass is 35.5. The molecule has 1 aliphatic heterocycles. The number of nitrogens with zero attached hydrogens (tertiary/aromatic N) is 3. The lowest BCUT2D eigenvalue weighted by molar-refractivity contribution is 0.0791. The van der Waals surface area contributed by atoms with Gasteiger partial charge in [-0.3, -0.25) is 4.79 Å². The minimum Gasteiger partial charge on any atom is -0.337 e. The van der Waals surface area contributed by atoms with Crippen molar-refractivity contribution in [1.82, 2.24) is 14.7 Å². The fourth-order valence-corrected chi connectivity index (χ4v) is 3.66. The highest BCUT2D eigenvalue weighted by Gasteiger charge is 2.28. The van der Waals surface area contributed by atoms with Crippen molar-refractivity contribution in [3.05, 3.63) is 71.4 Å². The van der Waals surface area contributed by atoms with Gasteiger partial charge in [-0.15, -0.1) is 12.4 Å². The molecule has 4 rings (SSSR count). The Morgan fingerprint density at radius 3 is 2.54 bits per heavy atom. The molecule has 0 saturated carbocycles. The third-order valence-electron chi connectivity index (χ3n) is 5.11. The van der Waals surface area contributed by atoms with E-state index >= 15 is 0 Å². The van der Waals surface area contributed by atoms with Crippen molar-refractivity contribution in [2.24, 2.45) is 5.73 Å². The predicted molar refractivity (Wildman–Crippen MR) is 114 cm³/mol. The molecule has 28 heavy (non-hydrogen) atoms. The highest BCUT2D eigenvalue weighted by Crippen LogP contribution is 2.29. The molecule has 1 aromatic heterocycles. The van der Waals surface area contributed by atoms with Crippen LogP contribution >= 0.6 is 12.4 Å². The first kappa shape index (κ1) is 20.1. The summed E-state index contributed by atoms with van der Waals surface area (Å²) in [6.07, 6.45) is 2.69. The first-order chi connectivity index (χ1) is 13.0. The Bertz CT molecular complexity index is 983. The molecule has 0 radical (unpaired) electrons. The molecular formula is C22H25ClN4O. The molecule has 5 nitrogen and oxygen atoms in total. The number of carbonyl (C=O) groups excluding carboxylic acids is 1. The number of carbonyl (C=O) groups is 1. The molecule has 6 heteroatoms. The van der Waals surface area contributed by atoms with Gasteiger partial charge in [-0.25, -0.2) is 4.68 Å². The Balaban J connectivity index is 0.00000225. The second kappa shape index (κ2) is 8.17. The first-order valence-electron chi connectivity index (χ1n) is 9.30. The molecule has 0 spiro atoms. The van der Waals surface area contributed by atoms with Crippen molar-refractivity contribution < 1.29 is 4.79 Å². The van der Waals surface area contributed by atoms with Gasteiger partial charge >= 0.3 is 0 Å². The molecule has 1 amide bonds. The molecule has 2 aromatic carbocycles. The summed E-state index contributed by atoms with van der Waals surface area (Å²) in [5.74, 6) is 0.0000983. The third kappa shape index (κ3) is 3.81. The lowest BCUT2D eigenvalue weighted by Gasteiger charge is -2.16. The van der Waals surface area contributed by atoms with Crippen LogP contribution in [0.15, 0.2) is 54.7 Å². The third-order valence-corrected chi connectivity index (χ3v) is 5.11. The summed E-state index contributed by atoms with van der Waals surface area (Å²) < 4.78 is 1.79. The zero-order chi connectivity index (χ0) is 19.0. The highest BCUT2D eigenvalue weighted by molar-refractivity contribution is 6.00. The number of halogens is 1. The quantitative estimate of drug-likeness (QED) is 0.733. The van der Waals surface area contributed by atoms with E-state index in [4.69, 9.17) is 10.8 Å². The number of nitrogens with two attached hydrogens (primary N) is 1. The molecule has 1 atom stereocenters. The summed E-state index contributed by atoms with van der Waals surface area (Å²) in [5.41, 5.74) is 11.6. The number of para-hydroxylation sites is 1. The molecule has 2 heterocycles. The fourth-order valence-electron chi connectivity index (χ4n) is 3.66. The summed E-state index contributed by atoms with van der Waals surface area (Å²) >= 11 is 0. The zero-order valence-electron chi connectivity index (χ0n) is 16.1. The number of hydrogen-bond donors (Lipinski definition) is 1. The molecule has 1 aliphatic rings. The number of amides is 1.